The maximum absolute atomic E-state index is 12.9. The Morgan fingerprint density at radius 1 is 1.15 bits per heavy atom. The van der Waals surface area contributed by atoms with Crippen molar-refractivity contribution >= 4 is 35.3 Å². The van der Waals surface area contributed by atoms with E-state index in [1.807, 2.05) is 6.07 Å². The van der Waals surface area contributed by atoms with E-state index in [4.69, 9.17) is 0 Å². The molecule has 1 N–H and O–H groups in total. The summed E-state index contributed by atoms with van der Waals surface area (Å²) >= 11 is 1.21. The highest BCUT2D eigenvalue weighted by Gasteiger charge is 2.30. The van der Waals surface area contributed by atoms with Crippen molar-refractivity contribution in [1.82, 2.24) is 10.3 Å². The Bertz CT molecular complexity index is 1230. The van der Waals surface area contributed by atoms with Gasteiger partial charge in [0.25, 0.3) is 11.8 Å². The van der Waals surface area contributed by atoms with Crippen molar-refractivity contribution in [3.05, 3.63) is 94.1 Å². The van der Waals surface area contributed by atoms with Crippen molar-refractivity contribution < 1.29 is 22.8 Å². The fourth-order valence-electron chi connectivity index (χ4n) is 3.24. The molecule has 0 unspecified atom stereocenters. The number of aromatic nitrogens is 1. The van der Waals surface area contributed by atoms with E-state index in [1.54, 1.807) is 49.8 Å². The van der Waals surface area contributed by atoms with Crippen LogP contribution in [0.5, 0.6) is 0 Å². The Morgan fingerprint density at radius 2 is 1.91 bits per heavy atom. The minimum Gasteiger partial charge on any atom is -0.348 e. The third-order valence-corrected chi connectivity index (χ3v) is 6.11. The molecule has 4 rings (SSSR count). The standard InChI is InChI=1S/C24H18F3N3O2S/c1-30-19-12-17(22(31)29-14-16-3-2-10-28-13-16)6-9-20(19)33-21(23(30)32)11-15-4-7-18(8-5-15)24(25,26)27/h2-13H,14H2,1H3,(H,29,31)/b21-11-. The van der Waals surface area contributed by atoms with Gasteiger partial charge in [0.2, 0.25) is 0 Å². The molecule has 3 aromatic rings. The number of hydrogen-bond acceptors (Lipinski definition) is 4. The fourth-order valence-corrected chi connectivity index (χ4v) is 4.33. The zero-order valence-corrected chi connectivity index (χ0v) is 18.2. The summed E-state index contributed by atoms with van der Waals surface area (Å²) in [7, 11) is 1.60. The molecule has 0 saturated carbocycles. The van der Waals surface area contributed by atoms with Crippen LogP contribution in [0, 0.1) is 0 Å². The molecule has 0 aliphatic carbocycles. The number of alkyl halides is 3. The average Bonchev–Trinajstić information content (AvgIpc) is 2.81. The molecular formula is C24H18F3N3O2S. The number of hydrogen-bond donors (Lipinski definition) is 1. The van der Waals surface area contributed by atoms with Crippen LogP contribution in [0.4, 0.5) is 18.9 Å². The number of nitrogens with one attached hydrogen (secondary N) is 1. The first-order valence-electron chi connectivity index (χ1n) is 9.88. The SMILES string of the molecule is CN1C(=O)/C(=C/c2ccc(C(F)(F)F)cc2)Sc2ccc(C(=O)NCc3cccnc3)cc21. The number of amides is 2. The summed E-state index contributed by atoms with van der Waals surface area (Å²) in [6.07, 6.45) is 0.462. The lowest BCUT2D eigenvalue weighted by Gasteiger charge is -2.27. The molecule has 0 spiro atoms. The highest BCUT2D eigenvalue weighted by atomic mass is 32.2. The molecule has 2 aromatic carbocycles. The molecular weight excluding hydrogens is 451 g/mol. The van der Waals surface area contributed by atoms with Crippen molar-refractivity contribution in [2.24, 2.45) is 0 Å². The monoisotopic (exact) mass is 469 g/mol. The molecule has 0 saturated heterocycles. The molecule has 2 heterocycles. The maximum atomic E-state index is 12.9. The van der Waals surface area contributed by atoms with Crippen LogP contribution in [0.3, 0.4) is 0 Å². The number of carbonyl (C=O) groups is 2. The van der Waals surface area contributed by atoms with Gasteiger partial charge in [0.1, 0.15) is 0 Å². The Hall–Kier alpha value is -3.59. The number of thioether (sulfide) groups is 1. The van der Waals surface area contributed by atoms with Gasteiger partial charge in [-0.15, -0.1) is 0 Å². The minimum absolute atomic E-state index is 0.279. The molecule has 0 fully saturated rings. The highest BCUT2D eigenvalue weighted by molar-refractivity contribution is 8.04. The second kappa shape index (κ2) is 9.11. The maximum Gasteiger partial charge on any atom is 0.416 e. The van der Waals surface area contributed by atoms with Crippen LogP contribution in [-0.4, -0.2) is 23.8 Å². The molecule has 2 amide bonds. The predicted molar refractivity (Wildman–Crippen MR) is 121 cm³/mol. The van der Waals surface area contributed by atoms with Gasteiger partial charge in [0.15, 0.2) is 0 Å². The van der Waals surface area contributed by atoms with E-state index in [0.717, 1.165) is 22.6 Å². The van der Waals surface area contributed by atoms with Crippen LogP contribution in [0.25, 0.3) is 6.08 Å². The third-order valence-electron chi connectivity index (χ3n) is 5.03. The lowest BCUT2D eigenvalue weighted by atomic mass is 10.1. The van der Waals surface area contributed by atoms with E-state index >= 15 is 0 Å². The number of nitrogens with zero attached hydrogens (tertiary/aromatic N) is 2. The van der Waals surface area contributed by atoms with Crippen LogP contribution >= 0.6 is 11.8 Å². The average molecular weight is 469 g/mol. The van der Waals surface area contributed by atoms with Gasteiger partial charge >= 0.3 is 6.18 Å². The first-order valence-corrected chi connectivity index (χ1v) is 10.7. The second-order valence-corrected chi connectivity index (χ2v) is 8.40. The van der Waals surface area contributed by atoms with E-state index in [-0.39, 0.29) is 11.8 Å². The molecule has 1 aliphatic rings. The summed E-state index contributed by atoms with van der Waals surface area (Å²) < 4.78 is 38.3. The predicted octanol–water partition coefficient (Wildman–Crippen LogP) is 5.14. The largest absolute Gasteiger partial charge is 0.416 e. The summed E-state index contributed by atoms with van der Waals surface area (Å²) in [5, 5.41) is 2.82. The normalized spacial score (nSPS) is 14.8. The molecule has 5 nitrogen and oxygen atoms in total. The van der Waals surface area contributed by atoms with E-state index in [2.05, 4.69) is 10.3 Å². The molecule has 1 aliphatic heterocycles. The zero-order chi connectivity index (χ0) is 23.6. The molecule has 0 radical (unpaired) electrons. The van der Waals surface area contributed by atoms with Crippen molar-refractivity contribution in [2.45, 2.75) is 17.6 Å². The van der Waals surface area contributed by atoms with Gasteiger partial charge in [-0.25, -0.2) is 0 Å². The third kappa shape index (κ3) is 5.09. The second-order valence-electron chi connectivity index (χ2n) is 7.32. The van der Waals surface area contributed by atoms with Gasteiger partial charge in [0, 0.05) is 36.4 Å². The fraction of sp³-hybridized carbons (Fsp3) is 0.125. The summed E-state index contributed by atoms with van der Waals surface area (Å²) in [4.78, 5) is 32.0. The van der Waals surface area contributed by atoms with Crippen LogP contribution in [0.2, 0.25) is 0 Å². The van der Waals surface area contributed by atoms with Crippen LogP contribution < -0.4 is 10.2 Å². The summed E-state index contributed by atoms with van der Waals surface area (Å²) in [5.41, 5.74) is 1.60. The summed E-state index contributed by atoms with van der Waals surface area (Å²) in [5.74, 6) is -0.584. The number of pyridine rings is 1. The Balaban J connectivity index is 1.52. The summed E-state index contributed by atoms with van der Waals surface area (Å²) in [6.45, 7) is 0.327. The number of halogens is 3. The number of rotatable bonds is 4. The molecule has 9 heteroatoms. The van der Waals surface area contributed by atoms with E-state index in [9.17, 15) is 22.8 Å². The van der Waals surface area contributed by atoms with Gasteiger partial charge in [-0.2, -0.15) is 13.2 Å². The van der Waals surface area contributed by atoms with E-state index < -0.39 is 11.7 Å². The quantitative estimate of drug-likeness (QED) is 0.538. The highest BCUT2D eigenvalue weighted by Crippen LogP contribution is 2.42. The minimum atomic E-state index is -4.41. The molecule has 33 heavy (non-hydrogen) atoms. The first-order chi connectivity index (χ1) is 15.7. The number of benzene rings is 2. The topological polar surface area (TPSA) is 62.3 Å². The van der Waals surface area contributed by atoms with Gasteiger partial charge in [-0.3, -0.25) is 14.6 Å². The Morgan fingerprint density at radius 3 is 2.58 bits per heavy atom. The molecule has 0 atom stereocenters. The number of carbonyl (C=O) groups excluding carboxylic acids is 2. The smallest absolute Gasteiger partial charge is 0.348 e. The zero-order valence-electron chi connectivity index (χ0n) is 17.4. The van der Waals surface area contributed by atoms with Crippen molar-refractivity contribution in [1.29, 1.82) is 0 Å². The van der Waals surface area contributed by atoms with Gasteiger partial charge in [0.05, 0.1) is 16.2 Å². The lowest BCUT2D eigenvalue weighted by molar-refractivity contribution is -0.137. The lowest BCUT2D eigenvalue weighted by Crippen LogP contribution is -2.31. The first kappa shape index (κ1) is 22.6. The van der Waals surface area contributed by atoms with E-state index in [0.29, 0.717) is 28.3 Å². The van der Waals surface area contributed by atoms with Gasteiger partial charge in [-0.05, 0) is 53.6 Å². The Kier molecular flexibility index (Phi) is 6.24. The van der Waals surface area contributed by atoms with Crippen LogP contribution in [-0.2, 0) is 17.5 Å². The van der Waals surface area contributed by atoms with Crippen LogP contribution in [0.15, 0.2) is 76.8 Å². The number of likely N-dealkylation sites (N-methyl/N-ethyl adjacent to an activating group) is 1. The van der Waals surface area contributed by atoms with Gasteiger partial charge in [-0.1, -0.05) is 30.0 Å². The number of fused-ring (bicyclic) bond motifs is 1. The van der Waals surface area contributed by atoms with Gasteiger partial charge < -0.3 is 10.2 Å². The number of anilines is 1. The van der Waals surface area contributed by atoms with Crippen molar-refractivity contribution in [3.63, 3.8) is 0 Å². The summed E-state index contributed by atoms with van der Waals surface area (Å²) in [6, 6.07) is 13.3. The molecule has 168 valence electrons. The molecule has 0 bridgehead atoms. The van der Waals surface area contributed by atoms with E-state index in [1.165, 1.54) is 28.8 Å². The van der Waals surface area contributed by atoms with Crippen LogP contribution in [0.1, 0.15) is 27.0 Å². The molecule has 1 aromatic heterocycles. The van der Waals surface area contributed by atoms with Crippen molar-refractivity contribution in [3.8, 4) is 0 Å². The van der Waals surface area contributed by atoms with Crippen molar-refractivity contribution in [2.75, 3.05) is 11.9 Å². The Labute approximate surface area is 192 Å².